The van der Waals surface area contributed by atoms with Crippen molar-refractivity contribution in [3.05, 3.63) is 93.2 Å². The minimum absolute atomic E-state index is 0.177. The molecule has 1 aliphatic carbocycles. The molecule has 1 aliphatic rings. The zero-order valence-corrected chi connectivity index (χ0v) is 17.6. The summed E-state index contributed by atoms with van der Waals surface area (Å²) in [6.45, 7) is 0.407. The van der Waals surface area contributed by atoms with Gasteiger partial charge in [0.05, 0.1) is 5.56 Å². The van der Waals surface area contributed by atoms with Crippen LogP contribution < -0.4 is 4.74 Å². The van der Waals surface area contributed by atoms with Gasteiger partial charge >= 0.3 is 5.97 Å². The van der Waals surface area contributed by atoms with Crippen LogP contribution in [0, 0.1) is 0 Å². The molecule has 4 nitrogen and oxygen atoms in total. The van der Waals surface area contributed by atoms with Crippen molar-refractivity contribution < 1.29 is 14.6 Å². The van der Waals surface area contributed by atoms with E-state index in [4.69, 9.17) is 27.9 Å². The lowest BCUT2D eigenvalue weighted by molar-refractivity contribution is 0.0696. The van der Waals surface area contributed by atoms with E-state index in [0.717, 1.165) is 52.8 Å². The Bertz CT molecular complexity index is 1120. The highest BCUT2D eigenvalue weighted by Crippen LogP contribution is 2.43. The second-order valence-electron chi connectivity index (χ2n) is 7.13. The highest BCUT2D eigenvalue weighted by atomic mass is 35.5. The first-order valence-corrected chi connectivity index (χ1v) is 10.3. The van der Waals surface area contributed by atoms with Crippen molar-refractivity contribution in [2.24, 2.45) is 0 Å². The summed E-state index contributed by atoms with van der Waals surface area (Å²) in [5.74, 6) is -0.245. The average Bonchev–Trinajstić information content (AvgIpc) is 3.24. The highest BCUT2D eigenvalue weighted by molar-refractivity contribution is 6.31. The predicted molar refractivity (Wildman–Crippen MR) is 119 cm³/mol. The van der Waals surface area contributed by atoms with Gasteiger partial charge in [-0.05, 0) is 77.9 Å². The van der Waals surface area contributed by atoms with Gasteiger partial charge in [0, 0.05) is 28.0 Å². The van der Waals surface area contributed by atoms with Crippen LogP contribution in [0.5, 0.6) is 5.75 Å². The van der Waals surface area contributed by atoms with Gasteiger partial charge < -0.3 is 9.84 Å². The lowest BCUT2D eigenvalue weighted by atomic mass is 9.96. The summed E-state index contributed by atoms with van der Waals surface area (Å²) in [6.07, 6.45) is 5.77. The molecular formula is C24H19Cl2NO3. The van der Waals surface area contributed by atoms with Crippen LogP contribution in [0.1, 0.15) is 46.3 Å². The van der Waals surface area contributed by atoms with E-state index in [1.165, 1.54) is 6.20 Å². The van der Waals surface area contributed by atoms with E-state index < -0.39 is 5.97 Å². The van der Waals surface area contributed by atoms with Gasteiger partial charge in [0.1, 0.15) is 12.4 Å². The fraction of sp³-hybridized carbons (Fsp3) is 0.167. The molecule has 6 heteroatoms. The lowest BCUT2D eigenvalue weighted by Crippen LogP contribution is -2.00. The molecule has 0 unspecified atom stereocenters. The summed E-state index contributed by atoms with van der Waals surface area (Å²) < 4.78 is 6.13. The topological polar surface area (TPSA) is 59.4 Å². The summed E-state index contributed by atoms with van der Waals surface area (Å²) in [6, 6.07) is 14.8. The molecule has 0 bridgehead atoms. The van der Waals surface area contributed by atoms with Crippen LogP contribution in [0.3, 0.4) is 0 Å². The molecule has 0 spiro atoms. The van der Waals surface area contributed by atoms with Gasteiger partial charge in [0.15, 0.2) is 0 Å². The maximum atomic E-state index is 11.4. The van der Waals surface area contributed by atoms with Crippen LogP contribution in [0.4, 0.5) is 0 Å². The number of halogens is 2. The first-order chi connectivity index (χ1) is 14.5. The van der Waals surface area contributed by atoms with E-state index in [1.54, 1.807) is 12.3 Å². The number of allylic oxidation sites excluding steroid dienone is 2. The third kappa shape index (κ3) is 4.50. The van der Waals surface area contributed by atoms with Gasteiger partial charge in [0.2, 0.25) is 0 Å². The Morgan fingerprint density at radius 2 is 1.70 bits per heavy atom. The SMILES string of the molecule is O=C(O)c1cncc(C2=C(c3cc(Cl)ccc3OCc3ccc(Cl)cc3)CCC2)c1. The number of hydrogen-bond donors (Lipinski definition) is 1. The molecule has 0 aliphatic heterocycles. The van der Waals surface area contributed by atoms with Gasteiger partial charge in [0.25, 0.3) is 0 Å². The Balaban J connectivity index is 1.70. The monoisotopic (exact) mass is 439 g/mol. The molecule has 3 aromatic rings. The number of rotatable bonds is 6. The summed E-state index contributed by atoms with van der Waals surface area (Å²) in [5, 5.41) is 10.6. The number of carboxylic acid groups (broad SMARTS) is 1. The smallest absolute Gasteiger partial charge is 0.337 e. The van der Waals surface area contributed by atoms with Crippen molar-refractivity contribution >= 4 is 40.3 Å². The molecule has 152 valence electrons. The third-order valence-corrected chi connectivity index (χ3v) is 5.61. The van der Waals surface area contributed by atoms with Crippen LogP contribution >= 0.6 is 23.2 Å². The molecule has 30 heavy (non-hydrogen) atoms. The largest absolute Gasteiger partial charge is 0.488 e. The Hall–Kier alpha value is -2.82. The normalized spacial score (nSPS) is 13.5. The number of hydrogen-bond acceptors (Lipinski definition) is 3. The van der Waals surface area contributed by atoms with Crippen molar-refractivity contribution in [2.75, 3.05) is 0 Å². The maximum absolute atomic E-state index is 11.4. The molecule has 0 radical (unpaired) electrons. The number of aromatic carboxylic acids is 1. The van der Waals surface area contributed by atoms with Gasteiger partial charge in [-0.1, -0.05) is 35.3 Å². The number of pyridine rings is 1. The minimum atomic E-state index is -0.987. The quantitative estimate of drug-likeness (QED) is 0.460. The van der Waals surface area contributed by atoms with Crippen molar-refractivity contribution in [1.82, 2.24) is 4.98 Å². The Labute approximate surface area is 184 Å². The standard InChI is InChI=1S/C24H19Cl2NO3/c25-18-6-4-15(5-7-18)14-30-23-9-8-19(26)11-22(23)21-3-1-2-20(21)16-10-17(24(28)29)13-27-12-16/h4-13H,1-3,14H2,(H,28,29). The number of ether oxygens (including phenoxy) is 1. The second kappa shape index (κ2) is 8.90. The highest BCUT2D eigenvalue weighted by Gasteiger charge is 2.22. The molecule has 0 atom stereocenters. The molecule has 1 aromatic heterocycles. The zero-order valence-electron chi connectivity index (χ0n) is 16.1. The summed E-state index contributed by atoms with van der Waals surface area (Å²) >= 11 is 12.3. The fourth-order valence-corrected chi connectivity index (χ4v) is 3.99. The number of benzene rings is 2. The minimum Gasteiger partial charge on any atom is -0.488 e. The number of aromatic nitrogens is 1. The zero-order chi connectivity index (χ0) is 21.1. The molecule has 0 saturated carbocycles. The molecule has 0 saturated heterocycles. The molecule has 2 aromatic carbocycles. The van der Waals surface area contributed by atoms with Gasteiger partial charge in [-0.2, -0.15) is 0 Å². The van der Waals surface area contributed by atoms with E-state index >= 15 is 0 Å². The molecular weight excluding hydrogens is 421 g/mol. The Morgan fingerprint density at radius 1 is 0.967 bits per heavy atom. The maximum Gasteiger partial charge on any atom is 0.337 e. The number of carbonyl (C=O) groups is 1. The van der Waals surface area contributed by atoms with E-state index in [1.807, 2.05) is 42.5 Å². The molecule has 0 fully saturated rings. The summed E-state index contributed by atoms with van der Waals surface area (Å²) in [4.78, 5) is 15.5. The summed E-state index contributed by atoms with van der Waals surface area (Å²) in [5.41, 5.74) is 5.16. The van der Waals surface area contributed by atoms with Crippen molar-refractivity contribution in [2.45, 2.75) is 25.9 Å². The first-order valence-electron chi connectivity index (χ1n) is 9.59. The van der Waals surface area contributed by atoms with Crippen LogP contribution in [-0.4, -0.2) is 16.1 Å². The number of carboxylic acids is 1. The lowest BCUT2D eigenvalue weighted by Gasteiger charge is -2.15. The van der Waals surface area contributed by atoms with Crippen molar-refractivity contribution in [3.63, 3.8) is 0 Å². The van der Waals surface area contributed by atoms with Gasteiger partial charge in [-0.3, -0.25) is 4.98 Å². The van der Waals surface area contributed by atoms with Gasteiger partial charge in [-0.15, -0.1) is 0 Å². The van der Waals surface area contributed by atoms with Gasteiger partial charge in [-0.25, -0.2) is 4.79 Å². The molecule has 4 rings (SSSR count). The van der Waals surface area contributed by atoms with Crippen molar-refractivity contribution in [1.29, 1.82) is 0 Å². The van der Waals surface area contributed by atoms with Crippen molar-refractivity contribution in [3.8, 4) is 5.75 Å². The molecule has 0 amide bonds. The van der Waals surface area contributed by atoms with E-state index in [2.05, 4.69) is 4.98 Å². The van der Waals surface area contributed by atoms with Crippen LogP contribution in [-0.2, 0) is 6.61 Å². The number of nitrogens with zero attached hydrogens (tertiary/aromatic N) is 1. The Kier molecular flexibility index (Phi) is 6.07. The Morgan fingerprint density at radius 3 is 2.47 bits per heavy atom. The fourth-order valence-electron chi connectivity index (χ4n) is 3.69. The van der Waals surface area contributed by atoms with E-state index in [0.29, 0.717) is 16.7 Å². The molecule has 1 N–H and O–H groups in total. The average molecular weight is 440 g/mol. The third-order valence-electron chi connectivity index (χ3n) is 5.13. The van der Waals surface area contributed by atoms with E-state index in [9.17, 15) is 9.90 Å². The summed E-state index contributed by atoms with van der Waals surface area (Å²) in [7, 11) is 0. The van der Waals surface area contributed by atoms with Crippen LogP contribution in [0.15, 0.2) is 60.9 Å². The molecule has 1 heterocycles. The van der Waals surface area contributed by atoms with Crippen LogP contribution in [0.25, 0.3) is 11.1 Å². The van der Waals surface area contributed by atoms with Crippen LogP contribution in [0.2, 0.25) is 10.0 Å². The van der Waals surface area contributed by atoms with E-state index in [-0.39, 0.29) is 5.56 Å². The second-order valence-corrected chi connectivity index (χ2v) is 8.01. The predicted octanol–water partition coefficient (Wildman–Crippen LogP) is 6.76. The first kappa shape index (κ1) is 20.5.